The van der Waals surface area contributed by atoms with E-state index < -0.39 is 38.7 Å². The lowest BCUT2D eigenvalue weighted by atomic mass is 9.82. The van der Waals surface area contributed by atoms with E-state index in [0.717, 1.165) is 46.8 Å². The number of fused-ring (bicyclic) bond motifs is 2. The molecule has 3 heterocycles. The molecule has 16 nitrogen and oxygen atoms in total. The van der Waals surface area contributed by atoms with Gasteiger partial charge >= 0.3 is 5.97 Å². The molecule has 4 aliphatic rings. The van der Waals surface area contributed by atoms with Gasteiger partial charge in [-0.2, -0.15) is 4.33 Å². The molecule has 6 rings (SSSR count). The quantitative estimate of drug-likeness (QED) is 0.0305. The predicted octanol–water partition coefficient (Wildman–Crippen LogP) is 5.92. The molecule has 0 spiro atoms. The fourth-order valence-electron chi connectivity index (χ4n) is 8.55. The van der Waals surface area contributed by atoms with Crippen LogP contribution in [0.15, 0.2) is 93.0 Å². The van der Waals surface area contributed by atoms with Gasteiger partial charge in [0.1, 0.15) is 10.1 Å². The Balaban J connectivity index is 1.23. The number of allylic oxidation sites excluding steroid dienone is 8. The summed E-state index contributed by atoms with van der Waals surface area (Å²) in [5.41, 5.74) is 5.16. The van der Waals surface area contributed by atoms with Crippen LogP contribution in [0, 0.1) is 0 Å². The van der Waals surface area contributed by atoms with Crippen LogP contribution >= 0.6 is 12.0 Å². The Morgan fingerprint density at radius 2 is 1.38 bits per heavy atom. The molecule has 0 atom stereocenters. The Morgan fingerprint density at radius 3 is 1.98 bits per heavy atom. The van der Waals surface area contributed by atoms with Crippen LogP contribution < -0.4 is 15.1 Å². The zero-order valence-corrected chi connectivity index (χ0v) is 37.8. The summed E-state index contributed by atoms with van der Waals surface area (Å²) < 4.78 is 51.8. The van der Waals surface area contributed by atoms with Gasteiger partial charge in [0.25, 0.3) is 11.8 Å². The monoisotopic (exact) mass is 907 g/mol. The van der Waals surface area contributed by atoms with Crippen LogP contribution in [0.3, 0.4) is 0 Å². The lowest BCUT2D eigenvalue weighted by Gasteiger charge is -2.27. The first kappa shape index (κ1) is 47.8. The molecule has 3 aliphatic heterocycles. The number of Topliss-reactive ketones (excluding diaryl/α,β-unsaturated/α-hetero) is 1. The summed E-state index contributed by atoms with van der Waals surface area (Å²) in [5.74, 6) is -1.82. The molecule has 1 aliphatic carbocycles. The van der Waals surface area contributed by atoms with Crippen LogP contribution in [0.4, 0.5) is 11.4 Å². The number of imide groups is 1. The number of ether oxygens (including phenoxy) is 2. The Hall–Kier alpha value is -4.66. The molecule has 2 amide bonds. The second kappa shape index (κ2) is 20.5. The maximum Gasteiger partial charge on any atom is 0.333 e. The van der Waals surface area contributed by atoms with E-state index in [0.29, 0.717) is 91.7 Å². The van der Waals surface area contributed by atoms with Crippen molar-refractivity contribution in [2.75, 3.05) is 49.8 Å². The molecule has 2 aromatic rings. The smallest absolute Gasteiger partial charge is 0.333 e. The highest BCUT2D eigenvalue weighted by Crippen LogP contribution is 2.50. The summed E-state index contributed by atoms with van der Waals surface area (Å²) in [4.78, 5) is 59.8. The van der Waals surface area contributed by atoms with Crippen molar-refractivity contribution >= 4 is 57.1 Å². The zero-order valence-electron chi connectivity index (χ0n) is 36.1. The molecule has 2 aromatic carbocycles. The Labute approximate surface area is 372 Å². The molecule has 1 saturated heterocycles. The largest absolute Gasteiger partial charge is 0.744 e. The predicted molar refractivity (Wildman–Crippen MR) is 229 cm³/mol. The molecule has 0 N–H and O–H groups in total. The minimum Gasteiger partial charge on any atom is -0.744 e. The summed E-state index contributed by atoms with van der Waals surface area (Å²) in [6.07, 6.45) is 11.2. The number of hydrogen-bond acceptors (Lipinski definition) is 16. The molecular weight excluding hydrogens is 855 g/mol. The average Bonchev–Trinajstić information content (AvgIpc) is 3.75. The lowest BCUT2D eigenvalue weighted by Crippen LogP contribution is -2.32. The number of anilines is 2. The second-order valence-corrected chi connectivity index (χ2v) is 18.9. The van der Waals surface area contributed by atoms with Crippen molar-refractivity contribution < 1.29 is 61.1 Å². The first-order valence-corrected chi connectivity index (χ1v) is 23.1. The zero-order chi connectivity index (χ0) is 45.5. The van der Waals surface area contributed by atoms with Crippen molar-refractivity contribution in [1.29, 1.82) is 0 Å². The maximum atomic E-state index is 14.2. The van der Waals surface area contributed by atoms with Gasteiger partial charge in [-0.15, -0.1) is 5.06 Å². The summed E-state index contributed by atoms with van der Waals surface area (Å²) >= 11 is 0.823. The van der Waals surface area contributed by atoms with Crippen LogP contribution in [0.2, 0.25) is 0 Å². The van der Waals surface area contributed by atoms with E-state index in [4.69, 9.17) is 14.3 Å². The molecule has 18 heteroatoms. The highest BCUT2D eigenvalue weighted by atomic mass is 32.2. The summed E-state index contributed by atoms with van der Waals surface area (Å²) in [5, 5.41) is 14.6. The van der Waals surface area contributed by atoms with E-state index in [1.807, 2.05) is 56.4 Å². The van der Waals surface area contributed by atoms with E-state index in [1.165, 1.54) is 12.1 Å². The van der Waals surface area contributed by atoms with E-state index in [1.54, 1.807) is 13.2 Å². The third kappa shape index (κ3) is 10.8. The second-order valence-electron chi connectivity index (χ2n) is 16.7. The van der Waals surface area contributed by atoms with Gasteiger partial charge in [-0.3, -0.25) is 19.4 Å². The van der Waals surface area contributed by atoms with Crippen molar-refractivity contribution in [2.24, 2.45) is 0 Å². The minimum absolute atomic E-state index is 0.00787. The Morgan fingerprint density at radius 1 is 0.778 bits per heavy atom. The molecule has 0 unspecified atom stereocenters. The van der Waals surface area contributed by atoms with Gasteiger partial charge in [0.15, 0.2) is 5.78 Å². The van der Waals surface area contributed by atoms with Crippen molar-refractivity contribution in [2.45, 2.75) is 106 Å². The van der Waals surface area contributed by atoms with Gasteiger partial charge in [-0.05, 0) is 103 Å². The molecule has 63 heavy (non-hydrogen) atoms. The number of unbranched alkanes of at least 4 members (excludes halogenated alkanes) is 2. The average molecular weight is 908 g/mol. The summed E-state index contributed by atoms with van der Waals surface area (Å²) in [6.45, 7) is 10.4. The van der Waals surface area contributed by atoms with Crippen LogP contribution in [0.25, 0.3) is 0 Å². The number of hydroxylamine groups is 2. The third-order valence-electron chi connectivity index (χ3n) is 11.9. The fourth-order valence-corrected chi connectivity index (χ4v) is 9.45. The van der Waals surface area contributed by atoms with Crippen LogP contribution in [-0.4, -0.2) is 81.6 Å². The minimum atomic E-state index is -4.73. The number of nitrogens with zero attached hydrogens (tertiary/aromatic N) is 3. The van der Waals surface area contributed by atoms with Gasteiger partial charge in [0.2, 0.25) is 0 Å². The van der Waals surface area contributed by atoms with E-state index >= 15 is 0 Å². The van der Waals surface area contributed by atoms with Gasteiger partial charge in [0.05, 0.1) is 36.8 Å². The molecule has 0 aromatic heterocycles. The molecule has 0 radical (unpaired) electrons. The number of ketones is 1. The number of benzene rings is 2. The number of carbonyl (C=O) groups excluding carboxylic acids is 4. The number of methoxy groups -OCH3 is 1. The van der Waals surface area contributed by atoms with E-state index in [2.05, 4.69) is 33.0 Å². The fraction of sp³-hybridized carbons (Fsp3) is 0.467. The molecule has 1 saturated carbocycles. The van der Waals surface area contributed by atoms with E-state index in [-0.39, 0.29) is 29.9 Å². The first-order chi connectivity index (χ1) is 30.0. The van der Waals surface area contributed by atoms with Crippen LogP contribution in [-0.2, 0) is 63.8 Å². The Kier molecular flexibility index (Phi) is 15.5. The van der Waals surface area contributed by atoms with Crippen LogP contribution in [0.1, 0.15) is 96.6 Å². The molecule has 2 fully saturated rings. The summed E-state index contributed by atoms with van der Waals surface area (Å²) in [7, 11) is -3.11. The van der Waals surface area contributed by atoms with Crippen LogP contribution in [0.5, 0.6) is 0 Å². The van der Waals surface area contributed by atoms with Gasteiger partial charge in [0, 0.05) is 78.0 Å². The van der Waals surface area contributed by atoms with Crippen molar-refractivity contribution in [3.63, 3.8) is 0 Å². The van der Waals surface area contributed by atoms with Gasteiger partial charge in [-0.1, -0.05) is 46.3 Å². The van der Waals surface area contributed by atoms with E-state index in [9.17, 15) is 37.4 Å². The Bertz CT molecular complexity index is 2320. The number of hydrogen-bond donors (Lipinski definition) is 0. The van der Waals surface area contributed by atoms with Gasteiger partial charge in [-0.25, -0.2) is 13.2 Å². The molecule has 0 bridgehead atoms. The van der Waals surface area contributed by atoms with Crippen molar-refractivity contribution in [3.05, 3.63) is 94.4 Å². The number of amides is 2. The lowest BCUT2D eigenvalue weighted by molar-refractivity contribution is -0.777. The van der Waals surface area contributed by atoms with Gasteiger partial charge < -0.3 is 33.9 Å². The maximum absolute atomic E-state index is 14.2. The normalized spacial score (nSPS) is 20.8. The SMILES string of the molecule is COCCOCCN1C(=CC=C2CCCC(=CC=C3N(CCCCCC(=O)ON4C(=O)CCC4=O)c4ccc(S(=O)(=O)[O-])cc4C3(C)C)C2=O)C(C)(C)c2cc(SOO[O-])ccc21. The van der Waals surface area contributed by atoms with Crippen molar-refractivity contribution in [3.8, 4) is 0 Å². The number of rotatable bonds is 19. The van der Waals surface area contributed by atoms with Crippen molar-refractivity contribution in [1.82, 2.24) is 5.06 Å². The molecular formula is C45H53N3O13S2-2. The number of carbonyl (C=O) groups is 4. The highest BCUT2D eigenvalue weighted by Gasteiger charge is 2.42. The third-order valence-corrected chi connectivity index (χ3v) is 13.3. The topological polar surface area (TPSA) is 204 Å². The highest BCUT2D eigenvalue weighted by molar-refractivity contribution is 7.94. The first-order valence-electron chi connectivity index (χ1n) is 20.9. The molecule has 340 valence electrons. The standard InChI is InChI=1S/C45H55N3O13S2/c1-44(2)34-28-32(62-61-60-53)15-17-36(34)47(24-25-58-27-26-57-5)39(44)20-14-31-11-9-10-30(43(31)52)13-19-38-45(3,4)35-29-33(63(54,55)56)16-18-37(35)46(38)23-8-6-7-12-42(51)59-48-40(49)21-22-41(48)50/h13-20,28-29,53H,6-12,21-27H2,1-5H3,(H,54,55,56)/p-2. The summed E-state index contributed by atoms with van der Waals surface area (Å²) in [6, 6.07) is 10.1.